The Bertz CT molecular complexity index is 518. The molecule has 0 saturated heterocycles. The number of benzene rings is 1. The summed E-state index contributed by atoms with van der Waals surface area (Å²) >= 11 is 0. The molecule has 0 radical (unpaired) electrons. The predicted molar refractivity (Wildman–Crippen MR) is 55.4 cm³/mol. The van der Waals surface area contributed by atoms with E-state index < -0.39 is 33.5 Å². The summed E-state index contributed by atoms with van der Waals surface area (Å²) in [6, 6.07) is 3.46. The number of esters is 1. The molecule has 0 unspecified atom stereocenters. The van der Waals surface area contributed by atoms with Gasteiger partial charge in [0, 0.05) is 6.07 Å². The molecule has 0 atom stereocenters. The number of nitrogens with zero attached hydrogens (tertiary/aromatic N) is 2. The molecular formula is C10H8N2O5. The Morgan fingerprint density at radius 3 is 2.76 bits per heavy atom. The first-order valence-corrected chi connectivity index (χ1v) is 4.60. The lowest BCUT2D eigenvalue weighted by molar-refractivity contribution is -0.385. The van der Waals surface area contributed by atoms with E-state index in [9.17, 15) is 20.0 Å². The van der Waals surface area contributed by atoms with Crippen LogP contribution < -0.4 is 0 Å². The molecule has 0 amide bonds. The van der Waals surface area contributed by atoms with Crippen LogP contribution in [0.4, 0.5) is 5.69 Å². The number of nitriles is 1. The van der Waals surface area contributed by atoms with Crippen molar-refractivity contribution in [2.24, 2.45) is 0 Å². The van der Waals surface area contributed by atoms with Gasteiger partial charge in [-0.3, -0.25) is 10.1 Å². The third-order valence-electron chi connectivity index (χ3n) is 1.95. The summed E-state index contributed by atoms with van der Waals surface area (Å²) in [7, 11) is 0. The van der Waals surface area contributed by atoms with Gasteiger partial charge in [0.25, 0.3) is 5.69 Å². The van der Waals surface area contributed by atoms with Crippen LogP contribution in [0.25, 0.3) is 0 Å². The van der Waals surface area contributed by atoms with Gasteiger partial charge >= 0.3 is 5.97 Å². The maximum Gasteiger partial charge on any atom is 0.343 e. The zero-order valence-corrected chi connectivity index (χ0v) is 8.84. The molecule has 0 aromatic heterocycles. The fraction of sp³-hybridized carbons (Fsp3) is 0.200. The summed E-state index contributed by atoms with van der Waals surface area (Å²) in [5.74, 6) is -1.49. The third kappa shape index (κ3) is 2.31. The molecule has 0 aliphatic carbocycles. The summed E-state index contributed by atoms with van der Waals surface area (Å²) < 4.78 is 4.61. The fourth-order valence-corrected chi connectivity index (χ4v) is 1.26. The number of phenols is 1. The summed E-state index contributed by atoms with van der Waals surface area (Å²) in [5, 5.41) is 28.9. The van der Waals surface area contributed by atoms with Crippen molar-refractivity contribution in [1.82, 2.24) is 0 Å². The molecule has 0 heterocycles. The van der Waals surface area contributed by atoms with Crippen molar-refractivity contribution in [3.05, 3.63) is 33.4 Å². The fourth-order valence-electron chi connectivity index (χ4n) is 1.26. The van der Waals surface area contributed by atoms with Crippen molar-refractivity contribution >= 4 is 11.7 Å². The number of hydrogen-bond acceptors (Lipinski definition) is 6. The molecule has 1 aromatic carbocycles. The number of aromatic hydroxyl groups is 1. The second-order valence-electron chi connectivity index (χ2n) is 2.94. The Balaban J connectivity index is 3.47. The minimum atomic E-state index is -0.967. The normalized spacial score (nSPS) is 9.41. The molecule has 7 heteroatoms. The molecule has 0 spiro atoms. The number of ether oxygens (including phenoxy) is 1. The minimum absolute atomic E-state index is 0.0336. The van der Waals surface area contributed by atoms with E-state index in [4.69, 9.17) is 5.26 Å². The van der Waals surface area contributed by atoms with Crippen LogP contribution in [0, 0.1) is 21.4 Å². The van der Waals surface area contributed by atoms with Gasteiger partial charge in [-0.05, 0) is 13.0 Å². The number of carbonyl (C=O) groups excluding carboxylic acids is 1. The Kier molecular flexibility index (Phi) is 3.62. The zero-order chi connectivity index (χ0) is 13.0. The molecule has 88 valence electrons. The quantitative estimate of drug-likeness (QED) is 0.481. The van der Waals surface area contributed by atoms with Gasteiger partial charge in [-0.1, -0.05) is 0 Å². The molecular weight excluding hydrogens is 228 g/mol. The van der Waals surface area contributed by atoms with Gasteiger partial charge in [0.2, 0.25) is 0 Å². The largest absolute Gasteiger partial charge is 0.507 e. The van der Waals surface area contributed by atoms with Gasteiger partial charge in [-0.15, -0.1) is 0 Å². The smallest absolute Gasteiger partial charge is 0.343 e. The van der Waals surface area contributed by atoms with Gasteiger partial charge in [-0.2, -0.15) is 5.26 Å². The summed E-state index contributed by atoms with van der Waals surface area (Å²) in [4.78, 5) is 21.3. The highest BCUT2D eigenvalue weighted by atomic mass is 16.6. The monoisotopic (exact) mass is 236 g/mol. The van der Waals surface area contributed by atoms with E-state index in [0.717, 1.165) is 12.1 Å². The zero-order valence-electron chi connectivity index (χ0n) is 8.84. The molecule has 1 N–H and O–H groups in total. The topological polar surface area (TPSA) is 113 Å². The van der Waals surface area contributed by atoms with E-state index >= 15 is 0 Å². The molecule has 1 rings (SSSR count). The molecule has 0 saturated carbocycles. The molecule has 0 fully saturated rings. The molecule has 1 aromatic rings. The van der Waals surface area contributed by atoms with Gasteiger partial charge < -0.3 is 9.84 Å². The number of phenolic OH excluding ortho intramolecular Hbond substituents is 1. The highest BCUT2D eigenvalue weighted by Gasteiger charge is 2.26. The highest BCUT2D eigenvalue weighted by molar-refractivity contribution is 5.96. The second-order valence-corrected chi connectivity index (χ2v) is 2.94. The number of rotatable bonds is 3. The standard InChI is InChI=1S/C10H8N2O5/c1-2-17-10(14)9-6(5-11)7(12(15)16)3-4-8(9)13/h3-4,13H,2H2,1H3. The average Bonchev–Trinajstić information content (AvgIpc) is 2.28. The first-order chi connectivity index (χ1) is 8.02. The van der Waals surface area contributed by atoms with Crippen LogP contribution in [-0.4, -0.2) is 22.6 Å². The van der Waals surface area contributed by atoms with Crippen LogP contribution in [0.2, 0.25) is 0 Å². The minimum Gasteiger partial charge on any atom is -0.507 e. The lowest BCUT2D eigenvalue weighted by Crippen LogP contribution is -2.09. The molecule has 0 bridgehead atoms. The number of nitro groups is 1. The first kappa shape index (κ1) is 12.4. The maximum absolute atomic E-state index is 11.5. The Labute approximate surface area is 96.0 Å². The van der Waals surface area contributed by atoms with E-state index in [1.165, 1.54) is 6.07 Å². The van der Waals surface area contributed by atoms with E-state index in [-0.39, 0.29) is 6.61 Å². The maximum atomic E-state index is 11.5. The number of carbonyl (C=O) groups is 1. The van der Waals surface area contributed by atoms with Crippen molar-refractivity contribution in [3.63, 3.8) is 0 Å². The van der Waals surface area contributed by atoms with E-state index in [1.54, 1.807) is 6.92 Å². The summed E-state index contributed by atoms with van der Waals surface area (Å²) in [5.41, 5.74) is -1.54. The van der Waals surface area contributed by atoms with Crippen LogP contribution in [0.15, 0.2) is 12.1 Å². The summed E-state index contributed by atoms with van der Waals surface area (Å²) in [6.45, 7) is 1.57. The average molecular weight is 236 g/mol. The van der Waals surface area contributed by atoms with Crippen molar-refractivity contribution in [1.29, 1.82) is 5.26 Å². The lowest BCUT2D eigenvalue weighted by Gasteiger charge is -2.06. The van der Waals surface area contributed by atoms with Crippen LogP contribution in [0.5, 0.6) is 5.75 Å². The van der Waals surface area contributed by atoms with Crippen LogP contribution >= 0.6 is 0 Å². The van der Waals surface area contributed by atoms with E-state index in [2.05, 4.69) is 4.74 Å². The van der Waals surface area contributed by atoms with Crippen LogP contribution in [-0.2, 0) is 4.74 Å². The Hall–Kier alpha value is -2.62. The molecule has 0 aliphatic rings. The number of hydrogen-bond donors (Lipinski definition) is 1. The van der Waals surface area contributed by atoms with E-state index in [0.29, 0.717) is 0 Å². The highest BCUT2D eigenvalue weighted by Crippen LogP contribution is 2.29. The summed E-state index contributed by atoms with van der Waals surface area (Å²) in [6.07, 6.45) is 0. The third-order valence-corrected chi connectivity index (χ3v) is 1.95. The molecule has 0 aliphatic heterocycles. The Morgan fingerprint density at radius 1 is 1.65 bits per heavy atom. The van der Waals surface area contributed by atoms with Crippen LogP contribution in [0.3, 0.4) is 0 Å². The molecule has 17 heavy (non-hydrogen) atoms. The second kappa shape index (κ2) is 4.94. The lowest BCUT2D eigenvalue weighted by atomic mass is 10.1. The van der Waals surface area contributed by atoms with Gasteiger partial charge in [0.15, 0.2) is 0 Å². The predicted octanol–water partition coefficient (Wildman–Crippen LogP) is 1.35. The van der Waals surface area contributed by atoms with Gasteiger partial charge in [0.1, 0.15) is 22.9 Å². The van der Waals surface area contributed by atoms with Gasteiger partial charge in [0.05, 0.1) is 11.5 Å². The van der Waals surface area contributed by atoms with Crippen molar-refractivity contribution < 1.29 is 19.6 Å². The van der Waals surface area contributed by atoms with E-state index in [1.807, 2.05) is 0 Å². The SMILES string of the molecule is CCOC(=O)c1c(O)ccc([N+](=O)[O-])c1C#N. The Morgan fingerprint density at radius 2 is 2.29 bits per heavy atom. The van der Waals surface area contributed by atoms with Crippen molar-refractivity contribution in [3.8, 4) is 11.8 Å². The van der Waals surface area contributed by atoms with Gasteiger partial charge in [-0.25, -0.2) is 4.79 Å². The van der Waals surface area contributed by atoms with Crippen LogP contribution in [0.1, 0.15) is 22.8 Å². The van der Waals surface area contributed by atoms with Crippen molar-refractivity contribution in [2.75, 3.05) is 6.61 Å². The number of nitro benzene ring substituents is 1. The molecule has 7 nitrogen and oxygen atoms in total. The van der Waals surface area contributed by atoms with Crippen molar-refractivity contribution in [2.45, 2.75) is 6.92 Å². The first-order valence-electron chi connectivity index (χ1n) is 4.60.